The topological polar surface area (TPSA) is 9.23 Å². The molecule has 0 atom stereocenters. The first kappa shape index (κ1) is 10.8. The molecule has 0 amide bonds. The van der Waals surface area contributed by atoms with Crippen LogP contribution in [-0.4, -0.2) is 13.2 Å². The Kier molecular flexibility index (Phi) is 13.4. The van der Waals surface area contributed by atoms with Gasteiger partial charge in [-0.3, -0.25) is 0 Å². The fourth-order valence-corrected chi connectivity index (χ4v) is 0.193. The van der Waals surface area contributed by atoms with Crippen molar-refractivity contribution in [2.75, 3.05) is 13.2 Å². The van der Waals surface area contributed by atoms with Crippen LogP contribution in [0.3, 0.4) is 0 Å². The molecule has 0 aliphatic heterocycles. The Hall–Kier alpha value is -0.143. The Bertz CT molecular complexity index is 83.0. The summed E-state index contributed by atoms with van der Waals surface area (Å²) in [5, 5.41) is 0. The van der Waals surface area contributed by atoms with Crippen molar-refractivity contribution in [1.82, 2.24) is 0 Å². The molecule has 0 saturated carbocycles. The maximum atomic E-state index is 6.37. The van der Waals surface area contributed by atoms with Crippen LogP contribution in [0.5, 0.6) is 0 Å². The van der Waals surface area contributed by atoms with E-state index in [9.17, 15) is 0 Å². The van der Waals surface area contributed by atoms with Crippen LogP contribution in [-0.2, 0) is 4.74 Å². The minimum absolute atomic E-state index is 0. The summed E-state index contributed by atoms with van der Waals surface area (Å²) in [6, 6.07) is 0. The van der Waals surface area contributed by atoms with E-state index in [2.05, 4.69) is 12.5 Å². The minimum Gasteiger partial charge on any atom is -0.691 e. The van der Waals surface area contributed by atoms with Gasteiger partial charge in [-0.05, 0) is 0 Å². The number of rotatable bonds is 3. The zero-order chi connectivity index (χ0) is 5.54. The first-order chi connectivity index (χ1) is 3.41. The summed E-state index contributed by atoms with van der Waals surface area (Å²) in [5.41, 5.74) is 0. The van der Waals surface area contributed by atoms with E-state index < -0.39 is 0 Å². The normalized spacial score (nSPS) is 6.38. The zero-order valence-corrected chi connectivity index (χ0v) is 5.11. The maximum Gasteiger partial charge on any atom is 1.00 e. The molecule has 1 nitrogen and oxygen atoms in total. The summed E-state index contributed by atoms with van der Waals surface area (Å²) in [6.45, 7) is 4.19. The maximum absolute atomic E-state index is 6.37. The van der Waals surface area contributed by atoms with Gasteiger partial charge >= 0.3 is 18.9 Å². The van der Waals surface area contributed by atoms with Crippen LogP contribution in [0.2, 0.25) is 0 Å². The van der Waals surface area contributed by atoms with Gasteiger partial charge < -0.3 is 17.1 Å². The molecule has 0 aliphatic rings. The Morgan fingerprint density at radius 3 is 2.75 bits per heavy atom. The summed E-state index contributed by atoms with van der Waals surface area (Å²) in [5.74, 6) is 2.08. The van der Waals surface area contributed by atoms with Gasteiger partial charge in [0.2, 0.25) is 0 Å². The summed E-state index contributed by atoms with van der Waals surface area (Å²) in [4.78, 5) is 0. The fourth-order valence-electron chi connectivity index (χ4n) is 0.193. The van der Waals surface area contributed by atoms with E-state index >= 15 is 0 Å². The van der Waals surface area contributed by atoms with Gasteiger partial charge in [-0.1, -0.05) is 6.08 Å². The summed E-state index contributed by atoms with van der Waals surface area (Å²) >= 11 is 0. The van der Waals surface area contributed by atoms with Gasteiger partial charge in [-0.2, -0.15) is 0 Å². The van der Waals surface area contributed by atoms with Crippen molar-refractivity contribution in [2.45, 2.75) is 0 Å². The molecule has 0 rings (SSSR count). The van der Waals surface area contributed by atoms with Crippen LogP contribution < -0.4 is 18.9 Å². The summed E-state index contributed by atoms with van der Waals surface area (Å²) < 4.78 is 4.72. The summed E-state index contributed by atoms with van der Waals surface area (Å²) in [7, 11) is 0. The largest absolute Gasteiger partial charge is 1.00 e. The molecule has 0 spiro atoms. The van der Waals surface area contributed by atoms with E-state index in [1.165, 1.54) is 0 Å². The van der Waals surface area contributed by atoms with E-state index in [1.54, 1.807) is 6.08 Å². The Balaban J connectivity index is 0. The Morgan fingerprint density at radius 1 is 1.75 bits per heavy atom. The molecule has 0 aromatic heterocycles. The first-order valence-electron chi connectivity index (χ1n) is 2.00. The fraction of sp³-hybridized carbons (Fsp3) is 0.333. The Morgan fingerprint density at radius 2 is 2.38 bits per heavy atom. The van der Waals surface area contributed by atoms with E-state index in [0.717, 1.165) is 0 Å². The number of hydrogen-bond acceptors (Lipinski definition) is 1. The van der Waals surface area contributed by atoms with Gasteiger partial charge in [0.1, 0.15) is 0 Å². The average Bonchev–Trinajstić information content (AvgIpc) is 1.69. The second-order valence-electron chi connectivity index (χ2n) is 0.981. The number of ether oxygens (including phenoxy) is 1. The molecular weight excluding hydrogens is 95.0 g/mol. The predicted octanol–water partition coefficient (Wildman–Crippen LogP) is -2.22. The first-order valence-corrected chi connectivity index (χ1v) is 2.00. The third-order valence-electron chi connectivity index (χ3n) is 0.410. The van der Waals surface area contributed by atoms with Crippen LogP contribution in [0, 0.1) is 12.3 Å². The SMILES string of the molecule is [C-]#CCOCC=C.[Li+]. The molecule has 0 saturated heterocycles. The van der Waals surface area contributed by atoms with E-state index in [-0.39, 0.29) is 25.5 Å². The van der Waals surface area contributed by atoms with Crippen LogP contribution in [0.1, 0.15) is 0 Å². The molecule has 0 aromatic rings. The molecule has 0 N–H and O–H groups in total. The monoisotopic (exact) mass is 102 g/mol. The van der Waals surface area contributed by atoms with Crippen LogP contribution in [0.15, 0.2) is 12.7 Å². The molecule has 2 heteroatoms. The van der Waals surface area contributed by atoms with Gasteiger partial charge in [-0.25, -0.2) is 0 Å². The van der Waals surface area contributed by atoms with Crippen LogP contribution in [0.25, 0.3) is 0 Å². The van der Waals surface area contributed by atoms with Crippen molar-refractivity contribution in [3.8, 4) is 5.92 Å². The van der Waals surface area contributed by atoms with E-state index in [1.807, 2.05) is 0 Å². The molecule has 38 valence electrons. The molecule has 8 heavy (non-hydrogen) atoms. The molecule has 0 fully saturated rings. The van der Waals surface area contributed by atoms with Gasteiger partial charge in [-0.15, -0.1) is 6.58 Å². The molecular formula is C6H7LiO. The second kappa shape index (κ2) is 9.97. The second-order valence-corrected chi connectivity index (χ2v) is 0.981. The van der Waals surface area contributed by atoms with Crippen molar-refractivity contribution in [3.05, 3.63) is 19.1 Å². The molecule has 0 radical (unpaired) electrons. The van der Waals surface area contributed by atoms with Crippen molar-refractivity contribution in [1.29, 1.82) is 0 Å². The van der Waals surface area contributed by atoms with Crippen molar-refractivity contribution < 1.29 is 23.6 Å². The summed E-state index contributed by atoms with van der Waals surface area (Å²) in [6.07, 6.45) is 8.01. The minimum atomic E-state index is 0. The van der Waals surface area contributed by atoms with Crippen molar-refractivity contribution >= 4 is 0 Å². The predicted molar refractivity (Wildman–Crippen MR) is 28.1 cm³/mol. The third kappa shape index (κ3) is 9.29. The quantitative estimate of drug-likeness (QED) is 0.129. The van der Waals surface area contributed by atoms with Gasteiger partial charge in [0.15, 0.2) is 0 Å². The van der Waals surface area contributed by atoms with Crippen molar-refractivity contribution in [3.63, 3.8) is 0 Å². The van der Waals surface area contributed by atoms with Crippen LogP contribution >= 0.6 is 0 Å². The molecule has 0 heterocycles. The zero-order valence-electron chi connectivity index (χ0n) is 5.11. The standard InChI is InChI=1S/C6H7O.Li/c1-3-5-7-6-4-2;/h3H,1,5-6H2;/q-1;+1. The van der Waals surface area contributed by atoms with Gasteiger partial charge in [0, 0.05) is 0 Å². The van der Waals surface area contributed by atoms with Crippen LogP contribution in [0.4, 0.5) is 0 Å². The van der Waals surface area contributed by atoms with Gasteiger partial charge in [0.05, 0.1) is 13.2 Å². The molecule has 0 aliphatic carbocycles. The number of hydrogen-bond donors (Lipinski definition) is 0. The average molecular weight is 102 g/mol. The van der Waals surface area contributed by atoms with Gasteiger partial charge in [0.25, 0.3) is 0 Å². The molecule has 0 unspecified atom stereocenters. The molecule has 0 bridgehead atoms. The van der Waals surface area contributed by atoms with E-state index in [4.69, 9.17) is 11.2 Å². The molecule has 0 aromatic carbocycles. The third-order valence-corrected chi connectivity index (χ3v) is 0.410. The van der Waals surface area contributed by atoms with Crippen molar-refractivity contribution in [2.24, 2.45) is 0 Å². The Labute approximate surface area is 62.3 Å². The smallest absolute Gasteiger partial charge is 0.691 e. The van der Waals surface area contributed by atoms with E-state index in [0.29, 0.717) is 6.61 Å².